The number of carbonyl (C=O) groups is 1. The van der Waals surface area contributed by atoms with E-state index in [9.17, 15) is 4.79 Å². The SMILES string of the molecule is C#CCC1=C(C)C(CO)CC1=O. The Morgan fingerprint density at radius 2 is 2.42 bits per heavy atom. The first-order valence-electron chi connectivity index (χ1n) is 3.97. The highest BCUT2D eigenvalue weighted by molar-refractivity contribution is 5.99. The molecule has 2 nitrogen and oxygen atoms in total. The largest absolute Gasteiger partial charge is 0.396 e. The monoisotopic (exact) mass is 164 g/mol. The van der Waals surface area contributed by atoms with Gasteiger partial charge >= 0.3 is 0 Å². The molecule has 0 aromatic heterocycles. The summed E-state index contributed by atoms with van der Waals surface area (Å²) in [6.07, 6.45) is 5.95. The first-order valence-corrected chi connectivity index (χ1v) is 3.97. The van der Waals surface area contributed by atoms with Crippen molar-refractivity contribution in [2.45, 2.75) is 19.8 Å². The summed E-state index contributed by atoms with van der Waals surface area (Å²) in [6, 6.07) is 0. The van der Waals surface area contributed by atoms with Gasteiger partial charge in [0.05, 0.1) is 6.61 Å². The summed E-state index contributed by atoms with van der Waals surface area (Å²) in [7, 11) is 0. The second kappa shape index (κ2) is 3.55. The van der Waals surface area contributed by atoms with Gasteiger partial charge in [-0.2, -0.15) is 0 Å². The van der Waals surface area contributed by atoms with Gasteiger partial charge in [-0.3, -0.25) is 4.79 Å². The normalized spacial score (nSPS) is 23.1. The molecule has 1 aliphatic carbocycles. The number of allylic oxidation sites excluding steroid dienone is 1. The first kappa shape index (κ1) is 9.02. The fraction of sp³-hybridized carbons (Fsp3) is 0.500. The Morgan fingerprint density at radius 3 is 2.83 bits per heavy atom. The minimum atomic E-state index is 0.0147. The predicted octanol–water partition coefficient (Wildman–Crippen LogP) is 0.907. The summed E-state index contributed by atoms with van der Waals surface area (Å²) in [5, 5.41) is 8.90. The maximum Gasteiger partial charge on any atom is 0.160 e. The molecule has 64 valence electrons. The Labute approximate surface area is 72.3 Å². The molecule has 0 heterocycles. The van der Waals surface area contributed by atoms with E-state index in [4.69, 9.17) is 11.5 Å². The van der Waals surface area contributed by atoms with Crippen molar-refractivity contribution in [2.24, 2.45) is 5.92 Å². The number of terminal acetylenes is 1. The Bertz CT molecular complexity index is 268. The third-order valence-electron chi connectivity index (χ3n) is 2.36. The highest BCUT2D eigenvalue weighted by Crippen LogP contribution is 2.29. The number of aliphatic hydroxyl groups excluding tert-OH is 1. The molecule has 0 saturated heterocycles. The molecular formula is C10H12O2. The van der Waals surface area contributed by atoms with Gasteiger partial charge in [-0.15, -0.1) is 12.3 Å². The van der Waals surface area contributed by atoms with Gasteiger partial charge in [0.15, 0.2) is 5.78 Å². The maximum absolute atomic E-state index is 11.3. The van der Waals surface area contributed by atoms with Gasteiger partial charge in [0.2, 0.25) is 0 Å². The lowest BCUT2D eigenvalue weighted by Crippen LogP contribution is -2.04. The van der Waals surface area contributed by atoms with Crippen molar-refractivity contribution >= 4 is 5.78 Å². The maximum atomic E-state index is 11.3. The molecule has 1 atom stereocenters. The Balaban J connectivity index is 2.87. The molecule has 1 unspecified atom stereocenters. The third-order valence-corrected chi connectivity index (χ3v) is 2.36. The molecule has 0 radical (unpaired) electrons. The smallest absolute Gasteiger partial charge is 0.160 e. The zero-order valence-corrected chi connectivity index (χ0v) is 7.13. The van der Waals surface area contributed by atoms with Crippen LogP contribution >= 0.6 is 0 Å². The zero-order chi connectivity index (χ0) is 9.14. The van der Waals surface area contributed by atoms with E-state index in [1.807, 2.05) is 6.92 Å². The highest BCUT2D eigenvalue weighted by Gasteiger charge is 2.27. The van der Waals surface area contributed by atoms with Gasteiger partial charge in [0.25, 0.3) is 0 Å². The molecule has 0 saturated carbocycles. The van der Waals surface area contributed by atoms with E-state index in [-0.39, 0.29) is 18.3 Å². The lowest BCUT2D eigenvalue weighted by atomic mass is 10.0. The van der Waals surface area contributed by atoms with Crippen LogP contribution in [0.4, 0.5) is 0 Å². The number of hydrogen-bond acceptors (Lipinski definition) is 2. The Kier molecular flexibility index (Phi) is 2.67. The number of ketones is 1. The van der Waals surface area contributed by atoms with Crippen molar-refractivity contribution in [3.8, 4) is 12.3 Å². The van der Waals surface area contributed by atoms with Gasteiger partial charge in [0.1, 0.15) is 0 Å². The van der Waals surface area contributed by atoms with E-state index in [2.05, 4.69) is 5.92 Å². The van der Waals surface area contributed by atoms with E-state index in [0.29, 0.717) is 12.8 Å². The molecule has 1 aliphatic rings. The molecule has 0 aliphatic heterocycles. The fourth-order valence-corrected chi connectivity index (χ4v) is 1.51. The van der Waals surface area contributed by atoms with Crippen LogP contribution in [0.25, 0.3) is 0 Å². The molecule has 0 aromatic rings. The fourth-order valence-electron chi connectivity index (χ4n) is 1.51. The number of Topliss-reactive ketones (excluding diaryl/α,β-unsaturated/α-hetero) is 1. The van der Waals surface area contributed by atoms with Gasteiger partial charge in [-0.05, 0) is 6.92 Å². The standard InChI is InChI=1S/C10H12O2/c1-3-4-9-7(2)8(6-11)5-10(9)12/h1,8,11H,4-6H2,2H3. The summed E-state index contributed by atoms with van der Waals surface area (Å²) < 4.78 is 0. The van der Waals surface area contributed by atoms with Crippen LogP contribution in [0.2, 0.25) is 0 Å². The molecule has 0 aromatic carbocycles. The van der Waals surface area contributed by atoms with Crippen LogP contribution in [-0.2, 0) is 4.79 Å². The van der Waals surface area contributed by atoms with Crippen molar-refractivity contribution in [3.63, 3.8) is 0 Å². The lowest BCUT2D eigenvalue weighted by Gasteiger charge is -2.04. The molecule has 0 spiro atoms. The van der Waals surface area contributed by atoms with Crippen LogP contribution in [0, 0.1) is 18.3 Å². The topological polar surface area (TPSA) is 37.3 Å². The number of hydrogen-bond donors (Lipinski definition) is 1. The van der Waals surface area contributed by atoms with E-state index in [1.165, 1.54) is 0 Å². The van der Waals surface area contributed by atoms with Crippen molar-refractivity contribution in [1.29, 1.82) is 0 Å². The molecule has 12 heavy (non-hydrogen) atoms. The average molecular weight is 164 g/mol. The van der Waals surface area contributed by atoms with Gasteiger partial charge in [-0.25, -0.2) is 0 Å². The summed E-state index contributed by atoms with van der Waals surface area (Å²) in [6.45, 7) is 1.92. The lowest BCUT2D eigenvalue weighted by molar-refractivity contribution is -0.115. The second-order valence-electron chi connectivity index (χ2n) is 3.05. The first-order chi connectivity index (χ1) is 5.70. The molecule has 1 N–H and O–H groups in total. The van der Waals surface area contributed by atoms with Crippen LogP contribution in [0.5, 0.6) is 0 Å². The zero-order valence-electron chi connectivity index (χ0n) is 7.13. The Hall–Kier alpha value is -1.07. The van der Waals surface area contributed by atoms with E-state index in [0.717, 1.165) is 11.1 Å². The molecule has 0 bridgehead atoms. The van der Waals surface area contributed by atoms with E-state index >= 15 is 0 Å². The molecule has 2 heteroatoms. The highest BCUT2D eigenvalue weighted by atomic mass is 16.3. The minimum absolute atomic E-state index is 0.0147. The van der Waals surface area contributed by atoms with Crippen LogP contribution in [0.15, 0.2) is 11.1 Å². The van der Waals surface area contributed by atoms with Gasteiger partial charge < -0.3 is 5.11 Å². The van der Waals surface area contributed by atoms with Crippen molar-refractivity contribution < 1.29 is 9.90 Å². The predicted molar refractivity (Wildman–Crippen MR) is 46.3 cm³/mol. The van der Waals surface area contributed by atoms with Crippen LogP contribution in [0.1, 0.15) is 19.8 Å². The second-order valence-corrected chi connectivity index (χ2v) is 3.05. The summed E-state index contributed by atoms with van der Waals surface area (Å²) >= 11 is 0. The molecular weight excluding hydrogens is 152 g/mol. The summed E-state index contributed by atoms with van der Waals surface area (Å²) in [5.74, 6) is 2.57. The van der Waals surface area contributed by atoms with Crippen LogP contribution in [-0.4, -0.2) is 17.5 Å². The third kappa shape index (κ3) is 1.41. The van der Waals surface area contributed by atoms with Gasteiger partial charge in [-0.1, -0.05) is 5.57 Å². The minimum Gasteiger partial charge on any atom is -0.396 e. The van der Waals surface area contributed by atoms with Gasteiger partial charge in [0, 0.05) is 24.3 Å². The Morgan fingerprint density at radius 1 is 1.75 bits per heavy atom. The van der Waals surface area contributed by atoms with Crippen LogP contribution in [0.3, 0.4) is 0 Å². The van der Waals surface area contributed by atoms with Crippen molar-refractivity contribution in [1.82, 2.24) is 0 Å². The van der Waals surface area contributed by atoms with E-state index in [1.54, 1.807) is 0 Å². The number of rotatable bonds is 2. The van der Waals surface area contributed by atoms with E-state index < -0.39 is 0 Å². The molecule has 1 rings (SSSR count). The number of aliphatic hydroxyl groups is 1. The van der Waals surface area contributed by atoms with Crippen molar-refractivity contribution in [3.05, 3.63) is 11.1 Å². The molecule has 0 amide bonds. The summed E-state index contributed by atoms with van der Waals surface area (Å²) in [4.78, 5) is 11.3. The summed E-state index contributed by atoms with van der Waals surface area (Å²) in [5.41, 5.74) is 1.71. The molecule has 0 fully saturated rings. The quantitative estimate of drug-likeness (QED) is 0.616. The van der Waals surface area contributed by atoms with Crippen LogP contribution < -0.4 is 0 Å². The number of carbonyl (C=O) groups excluding carboxylic acids is 1. The average Bonchev–Trinajstić information content (AvgIpc) is 2.32. The van der Waals surface area contributed by atoms with Crippen molar-refractivity contribution in [2.75, 3.05) is 6.61 Å².